The number of carbonyl (C=O) groups is 2. The number of rotatable bonds is 4. The van der Waals surface area contributed by atoms with Gasteiger partial charge in [-0.15, -0.1) is 0 Å². The Morgan fingerprint density at radius 1 is 1.35 bits per heavy atom. The van der Waals surface area contributed by atoms with E-state index in [-0.39, 0.29) is 18.9 Å². The standard InChI is InChI=1S/C15H18F3N3O2/c1-9-3-4-11(19-10(2)22)13(7-9)20-12-5-6-21(14(12)23)8-15(16,17)18/h3-4,7,12,20H,5-6,8H2,1-2H3,(H,19,22). The van der Waals surface area contributed by atoms with Crippen molar-refractivity contribution < 1.29 is 22.8 Å². The van der Waals surface area contributed by atoms with Crippen LogP contribution in [0.4, 0.5) is 24.5 Å². The van der Waals surface area contributed by atoms with Gasteiger partial charge in [0, 0.05) is 13.5 Å². The third-order valence-corrected chi connectivity index (χ3v) is 3.48. The van der Waals surface area contributed by atoms with Crippen molar-refractivity contribution >= 4 is 23.2 Å². The van der Waals surface area contributed by atoms with E-state index in [0.29, 0.717) is 11.4 Å². The predicted molar refractivity (Wildman–Crippen MR) is 80.1 cm³/mol. The van der Waals surface area contributed by atoms with Crippen molar-refractivity contribution in [3.8, 4) is 0 Å². The predicted octanol–water partition coefficient (Wildman–Crippen LogP) is 2.53. The summed E-state index contributed by atoms with van der Waals surface area (Å²) in [5.74, 6) is -0.856. The van der Waals surface area contributed by atoms with E-state index in [9.17, 15) is 22.8 Å². The van der Waals surface area contributed by atoms with Crippen molar-refractivity contribution in [3.05, 3.63) is 23.8 Å². The molecule has 0 aliphatic carbocycles. The van der Waals surface area contributed by atoms with Gasteiger partial charge in [0.05, 0.1) is 11.4 Å². The summed E-state index contributed by atoms with van der Waals surface area (Å²) >= 11 is 0. The Morgan fingerprint density at radius 3 is 2.65 bits per heavy atom. The molecule has 0 bridgehead atoms. The molecule has 1 fully saturated rings. The highest BCUT2D eigenvalue weighted by Crippen LogP contribution is 2.27. The van der Waals surface area contributed by atoms with Gasteiger partial charge in [-0.3, -0.25) is 9.59 Å². The second-order valence-electron chi connectivity index (χ2n) is 5.59. The number of hydrogen-bond donors (Lipinski definition) is 2. The first kappa shape index (κ1) is 17.1. The highest BCUT2D eigenvalue weighted by molar-refractivity contribution is 5.94. The molecular formula is C15H18F3N3O2. The monoisotopic (exact) mass is 329 g/mol. The molecule has 1 atom stereocenters. The topological polar surface area (TPSA) is 61.4 Å². The van der Waals surface area contributed by atoms with Crippen LogP contribution in [0.25, 0.3) is 0 Å². The van der Waals surface area contributed by atoms with Crippen molar-refractivity contribution in [3.63, 3.8) is 0 Å². The van der Waals surface area contributed by atoms with Crippen LogP contribution in [0.1, 0.15) is 18.9 Å². The molecular weight excluding hydrogens is 311 g/mol. The van der Waals surface area contributed by atoms with Crippen LogP contribution in [0.3, 0.4) is 0 Å². The Bertz CT molecular complexity index is 616. The van der Waals surface area contributed by atoms with Gasteiger partial charge in [0.2, 0.25) is 11.8 Å². The highest BCUT2D eigenvalue weighted by atomic mass is 19.4. The lowest BCUT2D eigenvalue weighted by Crippen LogP contribution is -2.39. The molecule has 1 aliphatic heterocycles. The summed E-state index contributed by atoms with van der Waals surface area (Å²) in [6.45, 7) is 2.01. The maximum absolute atomic E-state index is 12.4. The molecule has 1 unspecified atom stereocenters. The molecule has 2 rings (SSSR count). The van der Waals surface area contributed by atoms with Crippen LogP contribution < -0.4 is 10.6 Å². The van der Waals surface area contributed by atoms with Gasteiger partial charge in [-0.05, 0) is 31.0 Å². The first-order chi connectivity index (χ1) is 10.7. The van der Waals surface area contributed by atoms with Crippen molar-refractivity contribution in [1.29, 1.82) is 0 Å². The molecule has 0 aromatic heterocycles. The number of halogens is 3. The van der Waals surface area contributed by atoms with Crippen LogP contribution >= 0.6 is 0 Å². The van der Waals surface area contributed by atoms with Crippen molar-refractivity contribution in [1.82, 2.24) is 4.90 Å². The second-order valence-corrected chi connectivity index (χ2v) is 5.59. The summed E-state index contributed by atoms with van der Waals surface area (Å²) in [6.07, 6.45) is -4.13. The van der Waals surface area contributed by atoms with E-state index in [1.54, 1.807) is 18.2 Å². The summed E-state index contributed by atoms with van der Waals surface area (Å²) in [5, 5.41) is 5.58. The van der Waals surface area contributed by atoms with E-state index in [1.807, 2.05) is 6.92 Å². The maximum atomic E-state index is 12.4. The molecule has 8 heteroatoms. The molecule has 23 heavy (non-hydrogen) atoms. The third kappa shape index (κ3) is 4.61. The van der Waals surface area contributed by atoms with Gasteiger partial charge in [0.15, 0.2) is 0 Å². The van der Waals surface area contributed by atoms with Crippen LogP contribution in [0.2, 0.25) is 0 Å². The smallest absolute Gasteiger partial charge is 0.372 e. The van der Waals surface area contributed by atoms with E-state index >= 15 is 0 Å². The van der Waals surface area contributed by atoms with E-state index in [0.717, 1.165) is 10.5 Å². The Morgan fingerprint density at radius 2 is 2.04 bits per heavy atom. The molecule has 1 heterocycles. The number of anilines is 2. The molecule has 2 N–H and O–H groups in total. The molecule has 1 aromatic rings. The first-order valence-corrected chi connectivity index (χ1v) is 7.16. The fourth-order valence-electron chi connectivity index (χ4n) is 2.51. The average molecular weight is 329 g/mol. The minimum Gasteiger partial charge on any atom is -0.372 e. The number of benzene rings is 1. The maximum Gasteiger partial charge on any atom is 0.406 e. The van der Waals surface area contributed by atoms with E-state index in [1.165, 1.54) is 6.92 Å². The summed E-state index contributed by atoms with van der Waals surface area (Å²) < 4.78 is 37.3. The number of hydrogen-bond acceptors (Lipinski definition) is 3. The molecule has 0 saturated carbocycles. The molecule has 0 radical (unpaired) electrons. The van der Waals surface area contributed by atoms with Crippen LogP contribution in [0.5, 0.6) is 0 Å². The quantitative estimate of drug-likeness (QED) is 0.892. The summed E-state index contributed by atoms with van der Waals surface area (Å²) in [6, 6.07) is 4.49. The zero-order chi connectivity index (χ0) is 17.2. The number of carbonyl (C=O) groups excluding carboxylic acids is 2. The normalized spacial score (nSPS) is 18.2. The Kier molecular flexibility index (Phi) is 4.82. The lowest BCUT2D eigenvalue weighted by Gasteiger charge is -2.20. The van der Waals surface area contributed by atoms with Crippen molar-refractivity contribution in [2.45, 2.75) is 32.5 Å². The fourth-order valence-corrected chi connectivity index (χ4v) is 2.51. The van der Waals surface area contributed by atoms with Gasteiger partial charge in [-0.25, -0.2) is 0 Å². The van der Waals surface area contributed by atoms with Crippen LogP contribution in [-0.2, 0) is 9.59 Å². The second kappa shape index (κ2) is 6.47. The molecule has 126 valence electrons. The fraction of sp³-hybridized carbons (Fsp3) is 0.467. The van der Waals surface area contributed by atoms with Gasteiger partial charge >= 0.3 is 6.18 Å². The lowest BCUT2D eigenvalue weighted by atomic mass is 10.1. The molecule has 1 saturated heterocycles. The summed E-state index contributed by atoms with van der Waals surface area (Å²) in [7, 11) is 0. The van der Waals surface area contributed by atoms with Gasteiger partial charge in [0.25, 0.3) is 0 Å². The lowest BCUT2D eigenvalue weighted by molar-refractivity contribution is -0.157. The van der Waals surface area contributed by atoms with Gasteiger partial charge < -0.3 is 15.5 Å². The zero-order valence-electron chi connectivity index (χ0n) is 12.8. The Balaban J connectivity index is 2.12. The molecule has 1 aromatic carbocycles. The molecule has 0 spiro atoms. The average Bonchev–Trinajstić information content (AvgIpc) is 2.72. The van der Waals surface area contributed by atoms with Crippen LogP contribution in [-0.4, -0.2) is 42.0 Å². The number of alkyl halides is 3. The minimum atomic E-state index is -4.41. The van der Waals surface area contributed by atoms with E-state index in [4.69, 9.17) is 0 Å². The number of amides is 2. The zero-order valence-corrected chi connectivity index (χ0v) is 12.8. The summed E-state index contributed by atoms with van der Waals surface area (Å²) in [5.41, 5.74) is 1.91. The minimum absolute atomic E-state index is 0.0529. The number of likely N-dealkylation sites (tertiary alicyclic amines) is 1. The van der Waals surface area contributed by atoms with Gasteiger partial charge in [0.1, 0.15) is 12.6 Å². The van der Waals surface area contributed by atoms with Crippen molar-refractivity contribution in [2.24, 2.45) is 0 Å². The first-order valence-electron chi connectivity index (χ1n) is 7.16. The van der Waals surface area contributed by atoms with Gasteiger partial charge in [-0.1, -0.05) is 6.07 Å². The highest BCUT2D eigenvalue weighted by Gasteiger charge is 2.39. The largest absolute Gasteiger partial charge is 0.406 e. The molecule has 1 aliphatic rings. The SMILES string of the molecule is CC(=O)Nc1ccc(C)cc1NC1CCN(CC(F)(F)F)C1=O. The van der Waals surface area contributed by atoms with Crippen LogP contribution in [0, 0.1) is 6.92 Å². The van der Waals surface area contributed by atoms with E-state index in [2.05, 4.69) is 10.6 Å². The third-order valence-electron chi connectivity index (χ3n) is 3.48. The number of nitrogens with zero attached hydrogens (tertiary/aromatic N) is 1. The van der Waals surface area contributed by atoms with Crippen LogP contribution in [0.15, 0.2) is 18.2 Å². The number of aryl methyl sites for hydroxylation is 1. The van der Waals surface area contributed by atoms with Gasteiger partial charge in [-0.2, -0.15) is 13.2 Å². The molecule has 5 nitrogen and oxygen atoms in total. The Labute approximate surface area is 131 Å². The summed E-state index contributed by atoms with van der Waals surface area (Å²) in [4.78, 5) is 24.1. The van der Waals surface area contributed by atoms with E-state index < -0.39 is 24.7 Å². The van der Waals surface area contributed by atoms with Crippen molar-refractivity contribution in [2.75, 3.05) is 23.7 Å². The Hall–Kier alpha value is -2.25. The molecule has 2 amide bonds. The number of nitrogens with one attached hydrogen (secondary N) is 2.